The van der Waals surface area contributed by atoms with Crippen LogP contribution in [-0.2, 0) is 22.5 Å². The van der Waals surface area contributed by atoms with Crippen LogP contribution >= 0.6 is 0 Å². The molecule has 0 bridgehead atoms. The fourth-order valence-electron chi connectivity index (χ4n) is 2.03. The van der Waals surface area contributed by atoms with E-state index in [2.05, 4.69) is 43.4 Å². The van der Waals surface area contributed by atoms with Gasteiger partial charge in [0.25, 0.3) is 0 Å². The first-order valence-corrected chi connectivity index (χ1v) is 7.74. The van der Waals surface area contributed by atoms with Crippen molar-refractivity contribution < 1.29 is 9.47 Å². The molecule has 0 fully saturated rings. The van der Waals surface area contributed by atoms with Crippen LogP contribution in [0.5, 0.6) is 0 Å². The third-order valence-electron chi connectivity index (χ3n) is 3.20. The van der Waals surface area contributed by atoms with Gasteiger partial charge in [0, 0.05) is 6.61 Å². The van der Waals surface area contributed by atoms with E-state index in [1.54, 1.807) is 0 Å². The molecule has 1 unspecified atom stereocenters. The normalized spacial score (nSPS) is 12.6. The first-order valence-electron chi connectivity index (χ1n) is 7.74. The lowest BCUT2D eigenvalue weighted by Gasteiger charge is -2.15. The summed E-state index contributed by atoms with van der Waals surface area (Å²) in [6.07, 6.45) is 2.38. The Kier molecular flexibility index (Phi) is 9.29. The highest BCUT2D eigenvalue weighted by atomic mass is 16.5. The molecule has 0 amide bonds. The number of benzene rings is 1. The van der Waals surface area contributed by atoms with Crippen LogP contribution < -0.4 is 5.32 Å². The standard InChI is InChI=1S/C17H29NO2/c1-4-11-18-12-10-16-8-6-7-9-17(16)14-20-15(3)13-19-5-2/h6-9,15,18H,4-5,10-14H2,1-3H3. The molecule has 1 atom stereocenters. The molecular weight excluding hydrogens is 250 g/mol. The monoisotopic (exact) mass is 279 g/mol. The Morgan fingerprint density at radius 2 is 1.85 bits per heavy atom. The summed E-state index contributed by atoms with van der Waals surface area (Å²) in [6.45, 7) is 10.4. The Morgan fingerprint density at radius 1 is 1.10 bits per heavy atom. The maximum absolute atomic E-state index is 5.85. The van der Waals surface area contributed by atoms with Gasteiger partial charge in [0.05, 0.1) is 19.3 Å². The molecule has 0 saturated heterocycles. The Balaban J connectivity index is 2.40. The van der Waals surface area contributed by atoms with Gasteiger partial charge in [-0.25, -0.2) is 0 Å². The van der Waals surface area contributed by atoms with Gasteiger partial charge in [0.1, 0.15) is 0 Å². The van der Waals surface area contributed by atoms with Crippen LogP contribution in [0.2, 0.25) is 0 Å². The highest BCUT2D eigenvalue weighted by molar-refractivity contribution is 5.26. The van der Waals surface area contributed by atoms with E-state index in [0.717, 1.165) is 26.1 Å². The fraction of sp³-hybridized carbons (Fsp3) is 0.647. The van der Waals surface area contributed by atoms with E-state index in [0.29, 0.717) is 13.2 Å². The minimum absolute atomic E-state index is 0.140. The minimum atomic E-state index is 0.140. The van der Waals surface area contributed by atoms with Gasteiger partial charge >= 0.3 is 0 Å². The van der Waals surface area contributed by atoms with Gasteiger partial charge in [0.15, 0.2) is 0 Å². The number of hydrogen-bond acceptors (Lipinski definition) is 3. The summed E-state index contributed by atoms with van der Waals surface area (Å²) in [5, 5.41) is 3.44. The lowest BCUT2D eigenvalue weighted by atomic mass is 10.1. The van der Waals surface area contributed by atoms with Gasteiger partial charge in [0.2, 0.25) is 0 Å². The Labute approximate surface area is 123 Å². The number of nitrogens with one attached hydrogen (secondary N) is 1. The highest BCUT2D eigenvalue weighted by Gasteiger charge is 2.06. The number of ether oxygens (including phenoxy) is 2. The quantitative estimate of drug-likeness (QED) is 0.631. The Morgan fingerprint density at radius 3 is 2.55 bits per heavy atom. The second-order valence-corrected chi connectivity index (χ2v) is 5.05. The third kappa shape index (κ3) is 7.04. The van der Waals surface area contributed by atoms with Gasteiger partial charge in [-0.3, -0.25) is 0 Å². The maximum atomic E-state index is 5.85. The fourth-order valence-corrected chi connectivity index (χ4v) is 2.03. The van der Waals surface area contributed by atoms with Crippen LogP contribution in [0, 0.1) is 0 Å². The molecule has 20 heavy (non-hydrogen) atoms. The summed E-state index contributed by atoms with van der Waals surface area (Å²) in [5.74, 6) is 0. The average Bonchev–Trinajstić information content (AvgIpc) is 2.48. The van der Waals surface area contributed by atoms with Gasteiger partial charge in [-0.05, 0) is 50.9 Å². The number of hydrogen-bond donors (Lipinski definition) is 1. The zero-order valence-corrected chi connectivity index (χ0v) is 13.2. The molecule has 0 heterocycles. The van der Waals surface area contributed by atoms with Crippen molar-refractivity contribution in [1.29, 1.82) is 0 Å². The van der Waals surface area contributed by atoms with E-state index in [9.17, 15) is 0 Å². The zero-order valence-electron chi connectivity index (χ0n) is 13.2. The first-order chi connectivity index (χ1) is 9.77. The molecule has 3 heteroatoms. The average molecular weight is 279 g/mol. The van der Waals surface area contributed by atoms with Crippen LogP contribution in [0.15, 0.2) is 24.3 Å². The summed E-state index contributed by atoms with van der Waals surface area (Å²) in [5.41, 5.74) is 2.66. The van der Waals surface area contributed by atoms with Crippen molar-refractivity contribution in [2.75, 3.05) is 26.3 Å². The lowest BCUT2D eigenvalue weighted by molar-refractivity contribution is -0.0118. The van der Waals surface area contributed by atoms with Crippen molar-refractivity contribution >= 4 is 0 Å². The van der Waals surface area contributed by atoms with Crippen LogP contribution in [0.25, 0.3) is 0 Å². The van der Waals surface area contributed by atoms with E-state index in [-0.39, 0.29) is 6.10 Å². The molecule has 1 aromatic carbocycles. The molecule has 1 rings (SSSR count). The lowest BCUT2D eigenvalue weighted by Crippen LogP contribution is -2.19. The molecule has 0 aliphatic carbocycles. The topological polar surface area (TPSA) is 30.5 Å². The molecule has 1 N–H and O–H groups in total. The molecule has 1 aromatic rings. The van der Waals surface area contributed by atoms with Crippen LogP contribution in [0.1, 0.15) is 38.3 Å². The Bertz CT molecular complexity index is 355. The highest BCUT2D eigenvalue weighted by Crippen LogP contribution is 2.12. The third-order valence-corrected chi connectivity index (χ3v) is 3.20. The van der Waals surface area contributed by atoms with E-state index < -0.39 is 0 Å². The molecule has 0 aliphatic heterocycles. The predicted octanol–water partition coefficient (Wildman–Crippen LogP) is 3.17. The van der Waals surface area contributed by atoms with Gasteiger partial charge < -0.3 is 14.8 Å². The molecule has 0 aliphatic rings. The summed E-state index contributed by atoms with van der Waals surface area (Å²) < 4.78 is 11.2. The molecule has 0 radical (unpaired) electrons. The van der Waals surface area contributed by atoms with Gasteiger partial charge in [-0.15, -0.1) is 0 Å². The van der Waals surface area contributed by atoms with Crippen LogP contribution in [0.4, 0.5) is 0 Å². The second-order valence-electron chi connectivity index (χ2n) is 5.05. The smallest absolute Gasteiger partial charge is 0.0785 e. The van der Waals surface area contributed by atoms with Gasteiger partial charge in [-0.2, -0.15) is 0 Å². The molecule has 114 valence electrons. The summed E-state index contributed by atoms with van der Waals surface area (Å²) in [7, 11) is 0. The molecule has 0 saturated carbocycles. The van der Waals surface area contributed by atoms with Crippen molar-refractivity contribution in [3.05, 3.63) is 35.4 Å². The van der Waals surface area contributed by atoms with Crippen molar-refractivity contribution in [2.24, 2.45) is 0 Å². The maximum Gasteiger partial charge on any atom is 0.0785 e. The molecular formula is C17H29NO2. The van der Waals surface area contributed by atoms with Gasteiger partial charge in [-0.1, -0.05) is 31.2 Å². The minimum Gasteiger partial charge on any atom is -0.379 e. The summed E-state index contributed by atoms with van der Waals surface area (Å²) >= 11 is 0. The van der Waals surface area contributed by atoms with E-state index in [1.165, 1.54) is 17.5 Å². The van der Waals surface area contributed by atoms with Crippen molar-refractivity contribution in [2.45, 2.75) is 46.3 Å². The van der Waals surface area contributed by atoms with E-state index in [4.69, 9.17) is 9.47 Å². The largest absolute Gasteiger partial charge is 0.379 e. The zero-order chi connectivity index (χ0) is 14.6. The SMILES string of the molecule is CCCNCCc1ccccc1COC(C)COCC. The number of rotatable bonds is 11. The van der Waals surface area contributed by atoms with Crippen molar-refractivity contribution in [3.8, 4) is 0 Å². The second kappa shape index (κ2) is 10.8. The molecule has 0 aromatic heterocycles. The summed E-state index contributed by atoms with van der Waals surface area (Å²) in [6, 6.07) is 8.53. The van der Waals surface area contributed by atoms with Crippen molar-refractivity contribution in [3.63, 3.8) is 0 Å². The van der Waals surface area contributed by atoms with E-state index >= 15 is 0 Å². The predicted molar refractivity (Wildman–Crippen MR) is 84.1 cm³/mol. The van der Waals surface area contributed by atoms with E-state index in [1.807, 2.05) is 6.92 Å². The van der Waals surface area contributed by atoms with Crippen molar-refractivity contribution in [1.82, 2.24) is 5.32 Å². The molecule has 0 spiro atoms. The Hall–Kier alpha value is -0.900. The van der Waals surface area contributed by atoms with Crippen LogP contribution in [0.3, 0.4) is 0 Å². The molecule has 3 nitrogen and oxygen atoms in total. The van der Waals surface area contributed by atoms with Crippen LogP contribution in [-0.4, -0.2) is 32.4 Å². The first kappa shape index (κ1) is 17.2. The summed E-state index contributed by atoms with van der Waals surface area (Å²) in [4.78, 5) is 0.